The van der Waals surface area contributed by atoms with E-state index in [2.05, 4.69) is 30.7 Å². The Bertz CT molecular complexity index is 938. The Hall–Kier alpha value is -2.17. The predicted octanol–water partition coefficient (Wildman–Crippen LogP) is -0.0645. The quantitative estimate of drug-likeness (QED) is 0.567. The molecule has 0 aliphatic carbocycles. The molecule has 3 atom stereocenters. The number of imidazole rings is 1. The van der Waals surface area contributed by atoms with Gasteiger partial charge < -0.3 is 20.7 Å². The second-order valence-electron chi connectivity index (χ2n) is 8.23. The van der Waals surface area contributed by atoms with E-state index in [1.54, 1.807) is 0 Å². The van der Waals surface area contributed by atoms with Crippen molar-refractivity contribution in [2.75, 3.05) is 12.3 Å². The van der Waals surface area contributed by atoms with Crippen molar-refractivity contribution in [3.8, 4) is 0 Å². The summed E-state index contributed by atoms with van der Waals surface area (Å²) in [6.45, 7) is 6.37. The molecule has 5 N–H and O–H groups in total. The number of rotatable bonds is 5. The maximum Gasteiger partial charge on any atom is 0.332 e. The lowest BCUT2D eigenvalue weighted by molar-refractivity contribution is -0.0505. The fourth-order valence-corrected chi connectivity index (χ4v) is 3.48. The lowest BCUT2D eigenvalue weighted by atomic mass is 9.91. The number of H-pyrrole nitrogens is 1. The minimum absolute atomic E-state index is 0.0691. The van der Waals surface area contributed by atoms with E-state index in [1.165, 1.54) is 9.13 Å². The minimum atomic E-state index is -1.03. The van der Waals surface area contributed by atoms with Gasteiger partial charge in [0, 0.05) is 13.0 Å². The summed E-state index contributed by atoms with van der Waals surface area (Å²) in [5, 5.41) is 19.6. The van der Waals surface area contributed by atoms with Crippen LogP contribution >= 0.6 is 0 Å². The Morgan fingerprint density at radius 3 is 2.67 bits per heavy atom. The topological polar surface area (TPSA) is 148 Å². The first kappa shape index (κ1) is 19.6. The molecular weight excluding hydrogens is 354 g/mol. The van der Waals surface area contributed by atoms with Crippen molar-refractivity contribution >= 4 is 17.1 Å². The van der Waals surface area contributed by atoms with E-state index in [0.717, 1.165) is 6.42 Å². The largest absolute Gasteiger partial charge is 0.394 e. The van der Waals surface area contributed by atoms with E-state index in [4.69, 9.17) is 10.5 Å². The number of nitrogens with one attached hydrogen (secondary N) is 1. The van der Waals surface area contributed by atoms with E-state index < -0.39 is 29.7 Å². The highest BCUT2D eigenvalue weighted by atomic mass is 16.5. The van der Waals surface area contributed by atoms with Crippen LogP contribution in [0.25, 0.3) is 11.2 Å². The second-order valence-corrected chi connectivity index (χ2v) is 8.23. The molecule has 3 rings (SSSR count). The van der Waals surface area contributed by atoms with Crippen molar-refractivity contribution in [2.24, 2.45) is 5.41 Å². The molecule has 0 spiro atoms. The number of anilines is 1. The second kappa shape index (κ2) is 7.10. The molecule has 0 amide bonds. The van der Waals surface area contributed by atoms with Crippen molar-refractivity contribution in [2.45, 2.75) is 65.0 Å². The summed E-state index contributed by atoms with van der Waals surface area (Å²) in [7, 11) is 0. The van der Waals surface area contributed by atoms with Gasteiger partial charge in [-0.25, -0.2) is 9.36 Å². The van der Waals surface area contributed by atoms with Gasteiger partial charge in [-0.15, -0.1) is 0 Å². The fraction of sp³-hybridized carbons (Fsp3) is 0.706. The summed E-state index contributed by atoms with van der Waals surface area (Å²) < 4.78 is 8.13. The third-order valence-corrected chi connectivity index (χ3v) is 4.76. The van der Waals surface area contributed by atoms with Crippen LogP contribution in [0.4, 0.5) is 5.95 Å². The number of aliphatic hydroxyl groups excluding tert-OH is 2. The Balaban J connectivity index is 2.10. The first-order chi connectivity index (χ1) is 12.6. The molecule has 1 aliphatic heterocycles. The molecule has 0 aromatic carbocycles. The van der Waals surface area contributed by atoms with Crippen LogP contribution in [0.5, 0.6) is 0 Å². The zero-order valence-corrected chi connectivity index (χ0v) is 15.8. The number of hydrogen-bond donors (Lipinski definition) is 4. The first-order valence-corrected chi connectivity index (χ1v) is 9.07. The molecule has 10 heteroatoms. The van der Waals surface area contributed by atoms with Gasteiger partial charge in [-0.05, 0) is 18.3 Å². The molecule has 10 nitrogen and oxygen atoms in total. The molecule has 0 radical (unpaired) electrons. The lowest BCUT2D eigenvalue weighted by Gasteiger charge is -2.17. The molecule has 3 unspecified atom stereocenters. The van der Waals surface area contributed by atoms with Crippen LogP contribution in [0, 0.1) is 5.41 Å². The van der Waals surface area contributed by atoms with Crippen LogP contribution in [0.1, 0.15) is 46.3 Å². The van der Waals surface area contributed by atoms with E-state index in [1.807, 2.05) is 0 Å². The van der Waals surface area contributed by atoms with Gasteiger partial charge in [0.2, 0.25) is 5.95 Å². The maximum absolute atomic E-state index is 13.1. The van der Waals surface area contributed by atoms with Gasteiger partial charge in [0.25, 0.3) is 5.56 Å². The normalized spacial score (nSPS) is 23.4. The number of aliphatic hydroxyl groups is 2. The molecule has 1 aliphatic rings. The molecule has 1 fully saturated rings. The van der Waals surface area contributed by atoms with Crippen molar-refractivity contribution in [1.82, 2.24) is 19.1 Å². The lowest BCUT2D eigenvalue weighted by Crippen LogP contribution is -2.32. The van der Waals surface area contributed by atoms with Gasteiger partial charge in [0.15, 0.2) is 17.4 Å². The minimum Gasteiger partial charge on any atom is -0.394 e. The van der Waals surface area contributed by atoms with Crippen LogP contribution in [-0.2, 0) is 11.3 Å². The van der Waals surface area contributed by atoms with Crippen LogP contribution in [0.3, 0.4) is 0 Å². The summed E-state index contributed by atoms with van der Waals surface area (Å²) in [6, 6.07) is 0. The van der Waals surface area contributed by atoms with Crippen molar-refractivity contribution in [3.05, 3.63) is 20.8 Å². The molecule has 0 bridgehead atoms. The number of fused-ring (bicyclic) bond motifs is 1. The molecule has 27 heavy (non-hydrogen) atoms. The highest BCUT2D eigenvalue weighted by Gasteiger charge is 2.38. The number of nitrogens with two attached hydrogens (primary N) is 1. The van der Waals surface area contributed by atoms with Crippen LogP contribution in [0.2, 0.25) is 0 Å². The van der Waals surface area contributed by atoms with Crippen molar-refractivity contribution < 1.29 is 14.9 Å². The monoisotopic (exact) mass is 381 g/mol. The van der Waals surface area contributed by atoms with Crippen LogP contribution in [-0.4, -0.2) is 48.1 Å². The maximum atomic E-state index is 13.1. The number of hydrogen-bond acceptors (Lipinski definition) is 7. The Morgan fingerprint density at radius 2 is 2.07 bits per heavy atom. The summed E-state index contributed by atoms with van der Waals surface area (Å²) in [5.74, 6) is -0.126. The third-order valence-electron chi connectivity index (χ3n) is 4.76. The zero-order chi connectivity index (χ0) is 19.9. The molecule has 150 valence electrons. The third kappa shape index (κ3) is 3.78. The molecule has 1 saturated heterocycles. The fourth-order valence-electron chi connectivity index (χ4n) is 3.48. The SMILES string of the molecule is CC(C)(C)CCCn1c(=O)n(C2OC(CO)CC2O)c2nc(N)[nH]c(=O)c21. The van der Waals surface area contributed by atoms with E-state index in [0.29, 0.717) is 13.0 Å². The number of aromatic amines is 1. The van der Waals surface area contributed by atoms with Gasteiger partial charge >= 0.3 is 5.69 Å². The smallest absolute Gasteiger partial charge is 0.332 e. The standard InChI is InChI=1S/C17H27N5O5/c1-17(2,3)5-4-6-21-11-12(19-15(18)20-13(11)25)22(16(21)26)14-10(24)7-9(8-23)27-14/h9-10,14,23-24H,4-8H2,1-3H3,(H3,18,19,20,25). The number of ether oxygens (including phenoxy) is 1. The summed E-state index contributed by atoms with van der Waals surface area (Å²) in [5.41, 5.74) is 4.91. The molecule has 3 heterocycles. The van der Waals surface area contributed by atoms with E-state index in [9.17, 15) is 19.8 Å². The highest BCUT2D eigenvalue weighted by Crippen LogP contribution is 2.30. The number of aromatic nitrogens is 4. The van der Waals surface area contributed by atoms with E-state index in [-0.39, 0.29) is 35.6 Å². The van der Waals surface area contributed by atoms with Gasteiger partial charge in [0.05, 0.1) is 12.7 Å². The highest BCUT2D eigenvalue weighted by molar-refractivity contribution is 5.71. The molecule has 0 saturated carbocycles. The van der Waals surface area contributed by atoms with Crippen molar-refractivity contribution in [3.63, 3.8) is 0 Å². The van der Waals surface area contributed by atoms with Crippen LogP contribution in [0.15, 0.2) is 9.59 Å². The number of nitrogen functional groups attached to an aromatic ring is 1. The number of aryl methyl sites for hydroxylation is 1. The Labute approximate surface area is 155 Å². The average Bonchev–Trinajstić information content (AvgIpc) is 3.04. The zero-order valence-electron chi connectivity index (χ0n) is 15.8. The van der Waals surface area contributed by atoms with Crippen LogP contribution < -0.4 is 17.0 Å². The molecular formula is C17H27N5O5. The first-order valence-electron chi connectivity index (χ1n) is 9.07. The summed E-state index contributed by atoms with van der Waals surface area (Å²) in [6.07, 6.45) is -0.884. The van der Waals surface area contributed by atoms with Gasteiger partial charge in [-0.2, -0.15) is 4.98 Å². The Morgan fingerprint density at radius 1 is 1.37 bits per heavy atom. The molecule has 2 aromatic heterocycles. The Kier molecular flexibility index (Phi) is 5.15. The molecule has 2 aromatic rings. The summed E-state index contributed by atoms with van der Waals surface area (Å²) in [4.78, 5) is 32.1. The van der Waals surface area contributed by atoms with E-state index >= 15 is 0 Å². The van der Waals surface area contributed by atoms with Gasteiger partial charge in [-0.1, -0.05) is 20.8 Å². The number of nitrogens with zero attached hydrogens (tertiary/aromatic N) is 3. The summed E-state index contributed by atoms with van der Waals surface area (Å²) >= 11 is 0. The predicted molar refractivity (Wildman–Crippen MR) is 99.3 cm³/mol. The average molecular weight is 381 g/mol. The van der Waals surface area contributed by atoms with Crippen molar-refractivity contribution in [1.29, 1.82) is 0 Å². The van der Waals surface area contributed by atoms with Gasteiger partial charge in [-0.3, -0.25) is 14.3 Å². The van der Waals surface area contributed by atoms with Gasteiger partial charge in [0.1, 0.15) is 6.10 Å².